The summed E-state index contributed by atoms with van der Waals surface area (Å²) in [4.78, 5) is 43.9. The van der Waals surface area contributed by atoms with Gasteiger partial charge in [0.25, 0.3) is 5.56 Å². The second-order valence-corrected chi connectivity index (χ2v) is 8.75. The number of methoxy groups -OCH3 is 1. The summed E-state index contributed by atoms with van der Waals surface area (Å²) in [6.45, 7) is 5.86. The van der Waals surface area contributed by atoms with E-state index in [0.717, 1.165) is 29.7 Å². The molecule has 28 heavy (non-hydrogen) atoms. The van der Waals surface area contributed by atoms with Gasteiger partial charge in [0.15, 0.2) is 0 Å². The molecule has 2 aromatic heterocycles. The van der Waals surface area contributed by atoms with Crippen LogP contribution in [0.25, 0.3) is 10.2 Å². The molecule has 0 unspecified atom stereocenters. The monoisotopic (exact) mass is 405 g/mol. The van der Waals surface area contributed by atoms with Crippen LogP contribution in [0.4, 0.5) is 0 Å². The van der Waals surface area contributed by atoms with Gasteiger partial charge in [-0.2, -0.15) is 0 Å². The lowest BCUT2D eigenvalue weighted by atomic mass is 9.89. The molecule has 2 aromatic rings. The van der Waals surface area contributed by atoms with Crippen LogP contribution >= 0.6 is 11.3 Å². The van der Waals surface area contributed by atoms with Crippen molar-refractivity contribution in [2.24, 2.45) is 11.8 Å². The summed E-state index contributed by atoms with van der Waals surface area (Å²) in [7, 11) is 1.30. The Balaban J connectivity index is 1.84. The fraction of sp³-hybridized carbons (Fsp3) is 0.600. The SMILES string of the molecule is CC[C@H](C)[C@@H](NC(=O)Cn1cnc2sc3c(c2c1=O)CC[C@@H](C)C3)C(=O)OC. The molecule has 0 saturated heterocycles. The van der Waals surface area contributed by atoms with Gasteiger partial charge in [0.1, 0.15) is 17.4 Å². The number of aromatic nitrogens is 2. The lowest BCUT2D eigenvalue weighted by Gasteiger charge is -2.22. The maximum absolute atomic E-state index is 13.0. The highest BCUT2D eigenvalue weighted by Crippen LogP contribution is 2.35. The quantitative estimate of drug-likeness (QED) is 0.745. The molecule has 2 heterocycles. The second kappa shape index (κ2) is 8.43. The van der Waals surface area contributed by atoms with Gasteiger partial charge in [-0.05, 0) is 36.7 Å². The zero-order valence-electron chi connectivity index (χ0n) is 16.8. The normalized spacial score (nSPS) is 18.4. The van der Waals surface area contributed by atoms with Gasteiger partial charge in [0, 0.05) is 4.88 Å². The van der Waals surface area contributed by atoms with Gasteiger partial charge in [-0.3, -0.25) is 14.2 Å². The van der Waals surface area contributed by atoms with Crippen molar-refractivity contribution in [2.75, 3.05) is 7.11 Å². The van der Waals surface area contributed by atoms with E-state index in [9.17, 15) is 14.4 Å². The highest BCUT2D eigenvalue weighted by molar-refractivity contribution is 7.18. The summed E-state index contributed by atoms with van der Waals surface area (Å²) in [6.07, 6.45) is 5.05. The van der Waals surface area contributed by atoms with E-state index in [1.807, 2.05) is 13.8 Å². The van der Waals surface area contributed by atoms with Crippen LogP contribution in [0.1, 0.15) is 44.1 Å². The number of esters is 1. The molecular formula is C20H27N3O4S. The fourth-order valence-electron chi connectivity index (χ4n) is 3.65. The highest BCUT2D eigenvalue weighted by atomic mass is 32.1. The number of hydrogen-bond acceptors (Lipinski definition) is 6. The van der Waals surface area contributed by atoms with Crippen molar-refractivity contribution in [1.29, 1.82) is 0 Å². The summed E-state index contributed by atoms with van der Waals surface area (Å²) in [5.41, 5.74) is 0.905. The van der Waals surface area contributed by atoms with Crippen LogP contribution in [-0.4, -0.2) is 34.6 Å². The Bertz CT molecular complexity index is 949. The predicted octanol–water partition coefficient (Wildman–Crippen LogP) is 2.29. The molecule has 3 rings (SSSR count). The number of ether oxygens (including phenoxy) is 1. The molecule has 0 aliphatic heterocycles. The van der Waals surface area contributed by atoms with Crippen LogP contribution < -0.4 is 10.9 Å². The van der Waals surface area contributed by atoms with Gasteiger partial charge < -0.3 is 10.1 Å². The average molecular weight is 406 g/mol. The number of hydrogen-bond donors (Lipinski definition) is 1. The molecule has 0 aromatic carbocycles. The van der Waals surface area contributed by atoms with Gasteiger partial charge in [0.05, 0.1) is 18.8 Å². The molecule has 0 spiro atoms. The number of fused-ring (bicyclic) bond motifs is 3. The number of amides is 1. The van der Waals surface area contributed by atoms with E-state index in [4.69, 9.17) is 4.74 Å². The first-order valence-electron chi connectivity index (χ1n) is 9.72. The van der Waals surface area contributed by atoms with E-state index >= 15 is 0 Å². The Morgan fingerprint density at radius 2 is 2.21 bits per heavy atom. The number of carbonyl (C=O) groups excluding carboxylic acids is 2. The molecule has 1 amide bonds. The van der Waals surface area contributed by atoms with Crippen LogP contribution in [0.5, 0.6) is 0 Å². The summed E-state index contributed by atoms with van der Waals surface area (Å²) >= 11 is 1.58. The number of rotatable bonds is 6. The highest BCUT2D eigenvalue weighted by Gasteiger charge is 2.27. The first-order chi connectivity index (χ1) is 13.3. The van der Waals surface area contributed by atoms with E-state index in [1.54, 1.807) is 11.3 Å². The van der Waals surface area contributed by atoms with Crippen LogP contribution in [0.3, 0.4) is 0 Å². The van der Waals surface area contributed by atoms with Crippen molar-refractivity contribution in [3.05, 3.63) is 27.1 Å². The molecule has 0 bridgehead atoms. The average Bonchev–Trinajstić information content (AvgIpc) is 3.05. The van der Waals surface area contributed by atoms with Gasteiger partial charge in [-0.15, -0.1) is 11.3 Å². The molecule has 0 saturated carbocycles. The molecular weight excluding hydrogens is 378 g/mol. The molecule has 1 aliphatic carbocycles. The van der Waals surface area contributed by atoms with E-state index < -0.39 is 17.9 Å². The Hall–Kier alpha value is -2.22. The van der Waals surface area contributed by atoms with Gasteiger partial charge >= 0.3 is 5.97 Å². The number of thiophene rings is 1. The molecule has 8 heteroatoms. The van der Waals surface area contributed by atoms with Crippen LogP contribution in [-0.2, 0) is 33.7 Å². The lowest BCUT2D eigenvalue weighted by molar-refractivity contribution is -0.146. The minimum Gasteiger partial charge on any atom is -0.467 e. The van der Waals surface area contributed by atoms with Crippen molar-refractivity contribution >= 4 is 33.4 Å². The topological polar surface area (TPSA) is 90.3 Å². The Morgan fingerprint density at radius 3 is 2.89 bits per heavy atom. The number of aryl methyl sites for hydroxylation is 1. The third-order valence-corrected chi connectivity index (χ3v) is 6.74. The molecule has 0 radical (unpaired) electrons. The summed E-state index contributed by atoms with van der Waals surface area (Å²) < 4.78 is 6.12. The number of nitrogens with zero attached hydrogens (tertiary/aromatic N) is 2. The van der Waals surface area contributed by atoms with Crippen molar-refractivity contribution in [3.63, 3.8) is 0 Å². The molecule has 1 aliphatic rings. The summed E-state index contributed by atoms with van der Waals surface area (Å²) in [5, 5.41) is 3.35. The van der Waals surface area contributed by atoms with Crippen LogP contribution in [0, 0.1) is 11.8 Å². The number of nitrogens with one attached hydrogen (secondary N) is 1. The van der Waals surface area contributed by atoms with Crippen molar-refractivity contribution in [1.82, 2.24) is 14.9 Å². The minimum atomic E-state index is -0.731. The zero-order valence-corrected chi connectivity index (χ0v) is 17.6. The maximum Gasteiger partial charge on any atom is 0.328 e. The number of carbonyl (C=O) groups is 2. The van der Waals surface area contributed by atoms with Crippen molar-refractivity contribution < 1.29 is 14.3 Å². The third kappa shape index (κ3) is 3.97. The van der Waals surface area contributed by atoms with Gasteiger partial charge in [0.2, 0.25) is 5.91 Å². The van der Waals surface area contributed by atoms with Crippen molar-refractivity contribution in [3.8, 4) is 0 Å². The lowest BCUT2D eigenvalue weighted by Crippen LogP contribution is -2.47. The Morgan fingerprint density at radius 1 is 1.46 bits per heavy atom. The van der Waals surface area contributed by atoms with Crippen LogP contribution in [0.15, 0.2) is 11.1 Å². The molecule has 152 valence electrons. The largest absolute Gasteiger partial charge is 0.467 e. The predicted molar refractivity (Wildman–Crippen MR) is 108 cm³/mol. The van der Waals surface area contributed by atoms with E-state index in [2.05, 4.69) is 17.2 Å². The first kappa shape index (κ1) is 20.5. The standard InChI is InChI=1S/C20H27N3O4S/c1-5-12(3)17(20(26)27-4)22-15(24)9-23-10-21-18-16(19(23)25)13-7-6-11(2)8-14(13)28-18/h10-12,17H,5-9H2,1-4H3,(H,22,24)/t11-,12+,17-/m1/s1. The Labute approximate surface area is 168 Å². The Kier molecular flexibility index (Phi) is 6.17. The fourth-order valence-corrected chi connectivity index (χ4v) is 4.99. The maximum atomic E-state index is 13.0. The van der Waals surface area contributed by atoms with Crippen LogP contribution in [0.2, 0.25) is 0 Å². The first-order valence-corrected chi connectivity index (χ1v) is 10.5. The van der Waals surface area contributed by atoms with E-state index in [1.165, 1.54) is 22.9 Å². The molecule has 3 atom stereocenters. The summed E-state index contributed by atoms with van der Waals surface area (Å²) in [6, 6.07) is -0.731. The van der Waals surface area contributed by atoms with Gasteiger partial charge in [-0.25, -0.2) is 9.78 Å². The third-order valence-electron chi connectivity index (χ3n) is 5.58. The van der Waals surface area contributed by atoms with E-state index in [-0.39, 0.29) is 18.0 Å². The molecule has 0 fully saturated rings. The smallest absolute Gasteiger partial charge is 0.328 e. The molecule has 7 nitrogen and oxygen atoms in total. The van der Waals surface area contributed by atoms with E-state index in [0.29, 0.717) is 17.7 Å². The minimum absolute atomic E-state index is 0.0698. The van der Waals surface area contributed by atoms with Crippen molar-refractivity contribution in [2.45, 2.75) is 59.0 Å². The van der Waals surface area contributed by atoms with Gasteiger partial charge in [-0.1, -0.05) is 27.2 Å². The zero-order chi connectivity index (χ0) is 20.4. The summed E-state index contributed by atoms with van der Waals surface area (Å²) in [5.74, 6) is -0.342. The second-order valence-electron chi connectivity index (χ2n) is 7.66. The molecule has 1 N–H and O–H groups in total.